The molecule has 0 aliphatic heterocycles. The summed E-state index contributed by atoms with van der Waals surface area (Å²) in [5, 5.41) is 17.3. The molecule has 0 aromatic carbocycles. The van der Waals surface area contributed by atoms with Crippen LogP contribution in [0.1, 0.15) is 13.3 Å². The Labute approximate surface area is 95.2 Å². The van der Waals surface area contributed by atoms with Crippen LogP contribution in [0.4, 0.5) is 5.95 Å². The molecular weight excluding hydrogens is 266 g/mol. The molecule has 0 radical (unpaired) electrons. The summed E-state index contributed by atoms with van der Waals surface area (Å²) in [5.41, 5.74) is 0. The highest BCUT2D eigenvalue weighted by atomic mass is 79.9. The summed E-state index contributed by atoms with van der Waals surface area (Å²) in [4.78, 5) is 13.4. The molecule has 8 heteroatoms. The van der Waals surface area contributed by atoms with E-state index in [0.717, 1.165) is 19.5 Å². The molecule has 1 heterocycles. The van der Waals surface area contributed by atoms with E-state index in [0.29, 0.717) is 11.3 Å². The first-order valence-corrected chi connectivity index (χ1v) is 5.40. The second-order valence-corrected chi connectivity index (χ2v) is 3.58. The number of nitrogens with zero attached hydrogens (tertiary/aromatic N) is 4. The summed E-state index contributed by atoms with van der Waals surface area (Å²) in [5.74, 6) is -0.370. The van der Waals surface area contributed by atoms with E-state index in [-0.39, 0.29) is 5.95 Å². The van der Waals surface area contributed by atoms with Gasteiger partial charge in [-0.1, -0.05) is 6.92 Å². The number of nitro groups is 1. The summed E-state index contributed by atoms with van der Waals surface area (Å²) in [6, 6.07) is 0. The lowest BCUT2D eigenvalue weighted by Gasteiger charge is -1.99. The Balaban J connectivity index is 2.50. The molecule has 7 nitrogen and oxygen atoms in total. The molecule has 0 amide bonds. The molecule has 0 bridgehead atoms. The third-order valence-corrected chi connectivity index (χ3v) is 2.34. The van der Waals surface area contributed by atoms with Crippen molar-refractivity contribution < 1.29 is 4.92 Å². The summed E-state index contributed by atoms with van der Waals surface area (Å²) in [6.07, 6.45) is 0.854. The number of aryl methyl sites for hydroxylation is 1. The molecule has 0 saturated carbocycles. The number of rotatable bonds is 6. The fourth-order valence-corrected chi connectivity index (χ4v) is 1.48. The van der Waals surface area contributed by atoms with Gasteiger partial charge in [0.05, 0.1) is 6.54 Å². The van der Waals surface area contributed by atoms with Crippen LogP contribution in [-0.2, 0) is 6.54 Å². The number of hydrogen-bond donors (Lipinski definition) is 1. The monoisotopic (exact) mass is 277 g/mol. The number of hydrogen-bond acceptors (Lipinski definition) is 5. The van der Waals surface area contributed by atoms with Gasteiger partial charge in [0.2, 0.25) is 0 Å². The summed E-state index contributed by atoms with van der Waals surface area (Å²) >= 11 is 3.12. The molecule has 1 N–H and O–H groups in total. The average molecular weight is 278 g/mol. The Hall–Kier alpha value is -1.02. The first kappa shape index (κ1) is 12.1. The van der Waals surface area contributed by atoms with E-state index in [1.54, 1.807) is 0 Å². The average Bonchev–Trinajstić information content (AvgIpc) is 2.55. The summed E-state index contributed by atoms with van der Waals surface area (Å²) in [6.45, 7) is 4.40. The van der Waals surface area contributed by atoms with E-state index in [2.05, 4.69) is 31.3 Å². The van der Waals surface area contributed by atoms with E-state index in [4.69, 9.17) is 0 Å². The summed E-state index contributed by atoms with van der Waals surface area (Å²) in [7, 11) is 0. The minimum atomic E-state index is -0.606. The first-order chi connectivity index (χ1) is 7.15. The van der Waals surface area contributed by atoms with Crippen LogP contribution in [0.2, 0.25) is 0 Å². The third kappa shape index (κ3) is 3.56. The predicted octanol–water partition coefficient (Wildman–Crippen LogP) is 0.948. The van der Waals surface area contributed by atoms with Gasteiger partial charge < -0.3 is 15.4 Å². The van der Waals surface area contributed by atoms with Crippen molar-refractivity contribution in [2.24, 2.45) is 0 Å². The van der Waals surface area contributed by atoms with Gasteiger partial charge >= 0.3 is 5.95 Å². The lowest BCUT2D eigenvalue weighted by molar-refractivity contribution is -0.394. The zero-order valence-corrected chi connectivity index (χ0v) is 9.90. The first-order valence-electron chi connectivity index (χ1n) is 4.60. The topological polar surface area (TPSA) is 85.9 Å². The van der Waals surface area contributed by atoms with Gasteiger partial charge in [-0.15, -0.1) is 0 Å². The normalized spacial score (nSPS) is 10.5. The smallest absolute Gasteiger partial charge is 0.390 e. The Morgan fingerprint density at radius 1 is 1.67 bits per heavy atom. The molecule has 0 saturated heterocycles. The minimum Gasteiger partial charge on any atom is -0.390 e. The van der Waals surface area contributed by atoms with Crippen molar-refractivity contribution in [2.45, 2.75) is 19.9 Å². The van der Waals surface area contributed by atoms with Crippen LogP contribution in [0.15, 0.2) is 4.73 Å². The number of nitrogens with one attached hydrogen (secondary N) is 1. The summed E-state index contributed by atoms with van der Waals surface area (Å²) < 4.78 is 1.88. The van der Waals surface area contributed by atoms with Crippen LogP contribution in [0.25, 0.3) is 0 Å². The highest BCUT2D eigenvalue weighted by molar-refractivity contribution is 9.10. The molecule has 1 aromatic rings. The van der Waals surface area contributed by atoms with Gasteiger partial charge in [0, 0.05) is 21.0 Å². The van der Waals surface area contributed by atoms with Gasteiger partial charge in [0.25, 0.3) is 4.73 Å². The Kier molecular flexibility index (Phi) is 4.63. The van der Waals surface area contributed by atoms with Crippen LogP contribution >= 0.6 is 15.9 Å². The van der Waals surface area contributed by atoms with Crippen LogP contribution in [0.5, 0.6) is 0 Å². The van der Waals surface area contributed by atoms with Crippen LogP contribution < -0.4 is 5.32 Å². The van der Waals surface area contributed by atoms with Gasteiger partial charge in [-0.3, -0.25) is 0 Å². The standard InChI is InChI=1S/C7H12BrN5O2/c1-2-9-4-3-5-12-6(8)10-7(11-12)13(14)15/h9H,2-5H2,1H3. The minimum absolute atomic E-state index is 0.370. The highest BCUT2D eigenvalue weighted by Gasteiger charge is 2.18. The van der Waals surface area contributed by atoms with Gasteiger partial charge in [-0.25, -0.2) is 0 Å². The van der Waals surface area contributed by atoms with Crippen molar-refractivity contribution in [3.63, 3.8) is 0 Å². The Morgan fingerprint density at radius 2 is 2.40 bits per heavy atom. The molecule has 0 aliphatic rings. The molecule has 0 atom stereocenters. The second-order valence-electron chi connectivity index (χ2n) is 2.87. The van der Waals surface area contributed by atoms with E-state index in [9.17, 15) is 10.1 Å². The molecule has 84 valence electrons. The van der Waals surface area contributed by atoms with Crippen LogP contribution in [-0.4, -0.2) is 32.8 Å². The molecule has 15 heavy (non-hydrogen) atoms. The van der Waals surface area contributed by atoms with Crippen molar-refractivity contribution in [2.75, 3.05) is 13.1 Å². The van der Waals surface area contributed by atoms with Gasteiger partial charge in [-0.05, 0) is 29.4 Å². The maximum atomic E-state index is 10.4. The number of aromatic nitrogens is 3. The van der Waals surface area contributed by atoms with Crippen molar-refractivity contribution in [3.8, 4) is 0 Å². The SMILES string of the molecule is CCNCCCn1nc([N+](=O)[O-])nc1Br. The largest absolute Gasteiger partial charge is 0.492 e. The fraction of sp³-hybridized carbons (Fsp3) is 0.714. The van der Waals surface area contributed by atoms with Crippen LogP contribution in [0, 0.1) is 10.1 Å². The van der Waals surface area contributed by atoms with E-state index >= 15 is 0 Å². The second kappa shape index (κ2) is 5.76. The zero-order valence-electron chi connectivity index (χ0n) is 8.31. The molecule has 1 aromatic heterocycles. The zero-order chi connectivity index (χ0) is 11.3. The molecule has 1 rings (SSSR count). The highest BCUT2D eigenvalue weighted by Crippen LogP contribution is 2.11. The quantitative estimate of drug-likeness (QED) is 0.475. The lowest BCUT2D eigenvalue weighted by atomic mass is 10.4. The van der Waals surface area contributed by atoms with Gasteiger partial charge in [0.1, 0.15) is 0 Å². The fourth-order valence-electron chi connectivity index (χ4n) is 1.06. The number of halogens is 1. The molecule has 0 aliphatic carbocycles. The third-order valence-electron chi connectivity index (χ3n) is 1.75. The van der Waals surface area contributed by atoms with Crippen LogP contribution in [0.3, 0.4) is 0 Å². The Bertz CT molecular complexity index is 340. The lowest BCUT2D eigenvalue weighted by Crippen LogP contribution is -2.16. The van der Waals surface area contributed by atoms with Crippen molar-refractivity contribution >= 4 is 21.9 Å². The molecule has 0 unspecified atom stereocenters. The van der Waals surface area contributed by atoms with Gasteiger partial charge in [-0.2, -0.15) is 4.68 Å². The van der Waals surface area contributed by atoms with Gasteiger partial charge in [0.15, 0.2) is 0 Å². The van der Waals surface area contributed by atoms with E-state index in [1.807, 2.05) is 6.92 Å². The van der Waals surface area contributed by atoms with Crippen molar-refractivity contribution in [1.29, 1.82) is 0 Å². The van der Waals surface area contributed by atoms with E-state index in [1.165, 1.54) is 4.68 Å². The molecular formula is C7H12BrN5O2. The van der Waals surface area contributed by atoms with E-state index < -0.39 is 4.92 Å². The molecule has 0 fully saturated rings. The maximum absolute atomic E-state index is 10.4. The van der Waals surface area contributed by atoms with Crippen molar-refractivity contribution in [1.82, 2.24) is 20.1 Å². The Morgan fingerprint density at radius 3 is 2.93 bits per heavy atom. The maximum Gasteiger partial charge on any atom is 0.492 e. The molecule has 0 spiro atoms. The predicted molar refractivity (Wildman–Crippen MR) is 57.5 cm³/mol. The van der Waals surface area contributed by atoms with Crippen molar-refractivity contribution in [3.05, 3.63) is 14.8 Å².